The maximum atomic E-state index is 13.1. The number of carbonyl (C=O) groups is 2. The predicted molar refractivity (Wildman–Crippen MR) is 130 cm³/mol. The molecule has 1 aliphatic heterocycles. The van der Waals surface area contributed by atoms with E-state index in [0.29, 0.717) is 0 Å². The lowest BCUT2D eigenvalue weighted by Crippen LogP contribution is -2.58. The molecule has 0 spiro atoms. The highest BCUT2D eigenvalue weighted by atomic mass is 79.9. The van der Waals surface area contributed by atoms with Crippen LogP contribution >= 0.6 is 15.9 Å². The van der Waals surface area contributed by atoms with Crippen LogP contribution in [0.5, 0.6) is 0 Å². The SMILES string of the molecule is CC(C)C[C@H](O)C(=O)C(O)[C@H]1O[C@@H](n2cc(/C=C/Br)c(=O)[nH]c2=O)C[C@@]1(O)C(=O)[C@@H](O)CC(C)C. The molecule has 2 heterocycles. The fourth-order valence-corrected chi connectivity index (χ4v) is 4.39. The summed E-state index contributed by atoms with van der Waals surface area (Å²) in [5.41, 5.74) is -4.12. The third-order valence-corrected chi connectivity index (χ3v) is 6.10. The summed E-state index contributed by atoms with van der Waals surface area (Å²) in [7, 11) is 0. The smallest absolute Gasteiger partial charge is 0.330 e. The van der Waals surface area contributed by atoms with Gasteiger partial charge in [-0.3, -0.25) is 23.9 Å². The van der Waals surface area contributed by atoms with Crippen molar-refractivity contribution in [1.29, 1.82) is 0 Å². The molecule has 0 saturated carbocycles. The number of aliphatic hydroxyl groups is 4. The molecule has 1 aromatic heterocycles. The third kappa shape index (κ3) is 6.63. The van der Waals surface area contributed by atoms with Crippen molar-refractivity contribution >= 4 is 33.6 Å². The molecule has 0 aromatic carbocycles. The molecule has 1 saturated heterocycles. The Balaban J connectivity index is 2.52. The molecule has 2 rings (SSSR count). The minimum Gasteiger partial charge on any atom is -0.385 e. The van der Waals surface area contributed by atoms with E-state index in [4.69, 9.17) is 4.74 Å². The van der Waals surface area contributed by atoms with Gasteiger partial charge >= 0.3 is 5.69 Å². The summed E-state index contributed by atoms with van der Waals surface area (Å²) >= 11 is 3.04. The zero-order valence-electron chi connectivity index (χ0n) is 20.1. The maximum Gasteiger partial charge on any atom is 0.330 e. The van der Waals surface area contributed by atoms with Gasteiger partial charge in [-0.05, 0) is 35.7 Å². The minimum atomic E-state index is -2.56. The molecule has 196 valence electrons. The maximum absolute atomic E-state index is 13.1. The summed E-state index contributed by atoms with van der Waals surface area (Å²) in [4.78, 5) is 53.9. The zero-order chi connectivity index (χ0) is 26.7. The Morgan fingerprint density at radius 1 is 1.17 bits per heavy atom. The van der Waals surface area contributed by atoms with E-state index in [-0.39, 0.29) is 30.2 Å². The number of aromatic amines is 1. The quantitative estimate of drug-likeness (QED) is 0.253. The van der Waals surface area contributed by atoms with Crippen LogP contribution in [0.15, 0.2) is 20.8 Å². The monoisotopic (exact) mass is 560 g/mol. The number of nitrogens with zero attached hydrogens (tertiary/aromatic N) is 1. The average Bonchev–Trinajstić information content (AvgIpc) is 3.11. The van der Waals surface area contributed by atoms with Crippen LogP contribution in [-0.2, 0) is 14.3 Å². The van der Waals surface area contributed by atoms with Crippen LogP contribution in [0.25, 0.3) is 6.08 Å². The lowest BCUT2D eigenvalue weighted by Gasteiger charge is -2.32. The summed E-state index contributed by atoms with van der Waals surface area (Å²) < 4.78 is 6.59. The fraction of sp³-hybridized carbons (Fsp3) is 0.652. The van der Waals surface area contributed by atoms with Gasteiger partial charge in [-0.1, -0.05) is 43.6 Å². The van der Waals surface area contributed by atoms with Crippen molar-refractivity contribution in [3.05, 3.63) is 37.6 Å². The summed E-state index contributed by atoms with van der Waals surface area (Å²) in [5, 5.41) is 42.8. The van der Waals surface area contributed by atoms with Gasteiger partial charge in [0.15, 0.2) is 17.2 Å². The molecule has 0 radical (unpaired) electrons. The van der Waals surface area contributed by atoms with E-state index in [0.717, 1.165) is 10.8 Å². The van der Waals surface area contributed by atoms with Crippen LogP contribution in [0, 0.1) is 11.8 Å². The van der Waals surface area contributed by atoms with E-state index in [1.807, 2.05) is 0 Å². The Hall–Kier alpha value is -1.96. The largest absolute Gasteiger partial charge is 0.385 e. The molecular weight excluding hydrogens is 528 g/mol. The van der Waals surface area contributed by atoms with Gasteiger partial charge in [0.25, 0.3) is 5.56 Å². The number of hydrogen-bond donors (Lipinski definition) is 5. The van der Waals surface area contributed by atoms with Crippen molar-refractivity contribution in [1.82, 2.24) is 9.55 Å². The summed E-state index contributed by atoms with van der Waals surface area (Å²) in [6.45, 7) is 7.03. The van der Waals surface area contributed by atoms with E-state index >= 15 is 0 Å². The number of aromatic nitrogens is 2. The van der Waals surface area contributed by atoms with Crippen LogP contribution in [0.1, 0.15) is 58.7 Å². The number of ketones is 2. The van der Waals surface area contributed by atoms with Crippen LogP contribution in [0.3, 0.4) is 0 Å². The van der Waals surface area contributed by atoms with Crippen LogP contribution in [0.2, 0.25) is 0 Å². The molecule has 35 heavy (non-hydrogen) atoms. The molecule has 6 atom stereocenters. The normalized spacial score (nSPS) is 25.3. The second-order valence-electron chi connectivity index (χ2n) is 9.69. The van der Waals surface area contributed by atoms with Crippen LogP contribution < -0.4 is 11.2 Å². The number of nitrogens with one attached hydrogen (secondary N) is 1. The highest BCUT2D eigenvalue weighted by molar-refractivity contribution is 9.11. The first-order chi connectivity index (χ1) is 16.2. The van der Waals surface area contributed by atoms with E-state index in [1.165, 1.54) is 11.1 Å². The average molecular weight is 561 g/mol. The first-order valence-electron chi connectivity index (χ1n) is 11.3. The topological polar surface area (TPSA) is 179 Å². The van der Waals surface area contributed by atoms with Crippen LogP contribution in [-0.4, -0.2) is 71.6 Å². The first-order valence-corrected chi connectivity index (χ1v) is 12.3. The van der Waals surface area contributed by atoms with Crippen molar-refractivity contribution < 1.29 is 34.8 Å². The number of H-pyrrole nitrogens is 1. The number of ether oxygens (including phenoxy) is 1. The molecule has 1 aromatic rings. The molecule has 11 nitrogen and oxygen atoms in total. The lowest BCUT2D eigenvalue weighted by atomic mass is 9.81. The summed E-state index contributed by atoms with van der Waals surface area (Å²) in [6.07, 6.45) is -6.69. The fourth-order valence-electron chi connectivity index (χ4n) is 4.11. The highest BCUT2D eigenvalue weighted by Gasteiger charge is 2.59. The molecule has 1 unspecified atom stereocenters. The number of aliphatic hydroxyl groups excluding tert-OH is 3. The molecule has 5 N–H and O–H groups in total. The Morgan fingerprint density at radius 3 is 2.29 bits per heavy atom. The molecule has 0 amide bonds. The Bertz CT molecular complexity index is 1060. The van der Waals surface area contributed by atoms with Crippen molar-refractivity contribution in [3.8, 4) is 0 Å². The number of Topliss-reactive ketones (excluding diaryl/α,β-unsaturated/α-hetero) is 2. The summed E-state index contributed by atoms with van der Waals surface area (Å²) in [5.74, 6) is -2.35. The van der Waals surface area contributed by atoms with E-state index in [9.17, 15) is 39.6 Å². The van der Waals surface area contributed by atoms with Gasteiger partial charge < -0.3 is 25.2 Å². The second kappa shape index (κ2) is 11.8. The van der Waals surface area contributed by atoms with E-state index < -0.39 is 65.5 Å². The van der Waals surface area contributed by atoms with Gasteiger partial charge in [-0.15, -0.1) is 0 Å². The van der Waals surface area contributed by atoms with Crippen molar-refractivity contribution in [2.75, 3.05) is 0 Å². The molecule has 0 bridgehead atoms. The molecular formula is C23H33BrN2O9. The molecule has 0 aliphatic carbocycles. The molecule has 1 fully saturated rings. The van der Waals surface area contributed by atoms with Gasteiger partial charge in [-0.25, -0.2) is 4.79 Å². The predicted octanol–water partition coefficient (Wildman–Crippen LogP) is 0.234. The van der Waals surface area contributed by atoms with Crippen molar-refractivity contribution in [2.45, 2.75) is 83.2 Å². The number of carbonyl (C=O) groups excluding carboxylic acids is 2. The number of rotatable bonds is 11. The van der Waals surface area contributed by atoms with E-state index in [2.05, 4.69) is 20.9 Å². The van der Waals surface area contributed by atoms with Gasteiger partial charge in [0.2, 0.25) is 0 Å². The van der Waals surface area contributed by atoms with Crippen LogP contribution in [0.4, 0.5) is 0 Å². The Morgan fingerprint density at radius 2 is 1.74 bits per heavy atom. The highest BCUT2D eigenvalue weighted by Crippen LogP contribution is 2.40. The minimum absolute atomic E-state index is 0.00263. The molecule has 1 aliphatic rings. The summed E-state index contributed by atoms with van der Waals surface area (Å²) in [6, 6.07) is 0. The van der Waals surface area contributed by atoms with Gasteiger partial charge in [0, 0.05) is 12.6 Å². The lowest BCUT2D eigenvalue weighted by molar-refractivity contribution is -0.169. The van der Waals surface area contributed by atoms with Gasteiger partial charge in [-0.2, -0.15) is 0 Å². The standard InChI is InChI=1S/C23H33BrN2O9/c1-11(2)7-14(27)17(29)18(30)20-23(34,19(31)15(28)8-12(3)4)9-16(35-20)26-10-13(5-6-24)21(32)25-22(26)33/h5-6,10-12,14-16,18,20,27-28,30,34H,7-9H2,1-4H3,(H,25,32,33)/b6-5+/t14-,15-,16+,18?,20+,23+/m0/s1. The number of hydrogen-bond acceptors (Lipinski definition) is 9. The van der Waals surface area contributed by atoms with E-state index in [1.54, 1.807) is 27.7 Å². The van der Waals surface area contributed by atoms with Gasteiger partial charge in [0.1, 0.15) is 30.6 Å². The van der Waals surface area contributed by atoms with Crippen molar-refractivity contribution in [2.24, 2.45) is 11.8 Å². The molecule has 12 heteroatoms. The zero-order valence-corrected chi connectivity index (χ0v) is 21.6. The number of halogens is 1. The Kier molecular flexibility index (Phi) is 9.91. The van der Waals surface area contributed by atoms with Gasteiger partial charge in [0.05, 0.1) is 5.56 Å². The first kappa shape index (κ1) is 29.3. The Labute approximate surface area is 210 Å². The second-order valence-corrected chi connectivity index (χ2v) is 10.2. The third-order valence-electron chi connectivity index (χ3n) is 5.83. The van der Waals surface area contributed by atoms with Crippen molar-refractivity contribution in [3.63, 3.8) is 0 Å².